The van der Waals surface area contributed by atoms with Crippen molar-refractivity contribution in [2.75, 3.05) is 11.9 Å². The van der Waals surface area contributed by atoms with E-state index in [1.165, 1.54) is 11.1 Å². The fraction of sp³-hybridized carbons (Fsp3) is 0.333. The number of amides is 1. The van der Waals surface area contributed by atoms with Crippen molar-refractivity contribution in [2.24, 2.45) is 5.41 Å². The van der Waals surface area contributed by atoms with Crippen LogP contribution in [-0.2, 0) is 49.0 Å². The Morgan fingerprint density at radius 2 is 1.37 bits per heavy atom. The molecule has 0 saturated heterocycles. The second-order valence-corrected chi connectivity index (χ2v) is 7.18. The molecule has 0 spiro atoms. The smallest absolute Gasteiger partial charge is 0 e. The molecule has 0 N–H and O–H groups in total. The van der Waals surface area contributed by atoms with Crippen LogP contribution in [0.5, 0.6) is 0 Å². The van der Waals surface area contributed by atoms with Crippen molar-refractivity contribution < 1.29 is 36.1 Å². The summed E-state index contributed by atoms with van der Waals surface area (Å²) < 4.78 is 22.5. The second-order valence-electron chi connectivity index (χ2n) is 7.18. The zero-order chi connectivity index (χ0) is 23.0. The molecule has 2 aromatic carbocycles. The summed E-state index contributed by atoms with van der Waals surface area (Å²) in [6, 6.07) is 16.8. The number of aryl methyl sites for hydroxylation is 3. The van der Waals surface area contributed by atoms with Crippen LogP contribution in [-0.4, -0.2) is 13.0 Å². The second kappa shape index (κ2) is 17.5. The van der Waals surface area contributed by atoms with Crippen molar-refractivity contribution in [2.45, 2.75) is 40.5 Å². The van der Waals surface area contributed by atoms with Gasteiger partial charge in [0.1, 0.15) is 0 Å². The Morgan fingerprint density at radius 1 is 0.867 bits per heavy atom. The van der Waals surface area contributed by atoms with Crippen LogP contribution in [0.1, 0.15) is 37.5 Å². The van der Waals surface area contributed by atoms with Gasteiger partial charge < -0.3 is 4.90 Å². The van der Waals surface area contributed by atoms with Crippen molar-refractivity contribution in [3.63, 3.8) is 0 Å². The molecule has 0 atom stereocenters. The third-order valence-corrected chi connectivity index (χ3v) is 4.13. The van der Waals surface area contributed by atoms with Crippen LogP contribution < -0.4 is 4.90 Å². The van der Waals surface area contributed by atoms with Gasteiger partial charge in [0.25, 0.3) is 0 Å². The molecule has 6 heteroatoms. The third-order valence-electron chi connectivity index (χ3n) is 4.13. The SMILES string of the molecule is Cc1cccc(CCc2ccccc2)c1N(C)C(=O)C(C)(C)C.[C-]#[O+].[C-]#[O+].[C-]#[O+].[Cr]. The summed E-state index contributed by atoms with van der Waals surface area (Å²) in [5, 5.41) is 0. The third kappa shape index (κ3) is 10.4. The van der Waals surface area contributed by atoms with Gasteiger partial charge in [-0.2, -0.15) is 0 Å². The Morgan fingerprint density at radius 3 is 1.83 bits per heavy atom. The molecule has 0 aliphatic heterocycles. The molecule has 30 heavy (non-hydrogen) atoms. The molecule has 0 aliphatic carbocycles. The largest absolute Gasteiger partial charge is 0 e. The number of carbonyl (C=O) groups is 1. The van der Waals surface area contributed by atoms with E-state index in [4.69, 9.17) is 14.0 Å². The molecule has 2 rings (SSSR count). The van der Waals surface area contributed by atoms with Gasteiger partial charge in [0.05, 0.1) is 0 Å². The fourth-order valence-corrected chi connectivity index (χ4v) is 2.93. The summed E-state index contributed by atoms with van der Waals surface area (Å²) in [6.45, 7) is 21.5. The van der Waals surface area contributed by atoms with E-state index >= 15 is 0 Å². The van der Waals surface area contributed by atoms with E-state index in [2.05, 4.69) is 69.3 Å². The van der Waals surface area contributed by atoms with E-state index in [0.717, 1.165) is 24.1 Å². The minimum Gasteiger partial charge on any atom is 0 e. The maximum absolute atomic E-state index is 12.7. The molecule has 0 saturated carbocycles. The van der Waals surface area contributed by atoms with Crippen molar-refractivity contribution in [1.82, 2.24) is 0 Å². The first kappa shape index (κ1) is 32.3. The van der Waals surface area contributed by atoms with Crippen molar-refractivity contribution in [3.05, 3.63) is 85.2 Å². The minimum atomic E-state index is -0.381. The number of para-hydroxylation sites is 1. The van der Waals surface area contributed by atoms with E-state index in [0.29, 0.717) is 0 Å². The Kier molecular flexibility index (Phi) is 18.9. The van der Waals surface area contributed by atoms with Gasteiger partial charge in [0.2, 0.25) is 5.91 Å². The van der Waals surface area contributed by atoms with Crippen molar-refractivity contribution >= 4 is 11.6 Å². The van der Waals surface area contributed by atoms with Crippen LogP contribution in [0.4, 0.5) is 5.69 Å². The van der Waals surface area contributed by atoms with Gasteiger partial charge in [-0.15, -0.1) is 0 Å². The van der Waals surface area contributed by atoms with Crippen molar-refractivity contribution in [3.8, 4) is 0 Å². The molecule has 0 aliphatic rings. The molecular formula is C24H27CrNO4. The molecule has 1 amide bonds. The number of carbonyl (C=O) groups excluding carboxylic acids is 1. The number of benzene rings is 2. The van der Waals surface area contributed by atoms with Gasteiger partial charge in [-0.05, 0) is 36.5 Å². The average molecular weight is 445 g/mol. The van der Waals surface area contributed by atoms with Crippen LogP contribution in [0.2, 0.25) is 0 Å². The van der Waals surface area contributed by atoms with Crippen LogP contribution in [0.15, 0.2) is 48.5 Å². The fourth-order valence-electron chi connectivity index (χ4n) is 2.93. The first-order valence-electron chi connectivity index (χ1n) is 8.82. The molecule has 0 unspecified atom stereocenters. The van der Waals surface area contributed by atoms with Crippen LogP contribution >= 0.6 is 0 Å². The maximum Gasteiger partial charge on any atom is 0 e. The quantitative estimate of drug-likeness (QED) is 0.497. The standard InChI is InChI=1S/C21H27NO.3CO.Cr/c1-16-10-9-13-18(15-14-17-11-7-6-8-12-17)19(16)22(5)20(23)21(2,3)4;3*1-2;/h6-13H,14-15H2,1-5H3;;;;. The van der Waals surface area contributed by atoms with Gasteiger partial charge >= 0.3 is 33.9 Å². The monoisotopic (exact) mass is 445 g/mol. The zero-order valence-electron chi connectivity index (χ0n) is 18.0. The number of hydrogen-bond acceptors (Lipinski definition) is 1. The van der Waals surface area contributed by atoms with Gasteiger partial charge in [-0.3, -0.25) is 4.79 Å². The van der Waals surface area contributed by atoms with Gasteiger partial charge in [0.15, 0.2) is 0 Å². The average Bonchev–Trinajstić information content (AvgIpc) is 2.75. The van der Waals surface area contributed by atoms with E-state index in [1.54, 1.807) is 0 Å². The summed E-state index contributed by atoms with van der Waals surface area (Å²) >= 11 is 0. The first-order valence-corrected chi connectivity index (χ1v) is 8.82. The Labute approximate surface area is 190 Å². The Bertz CT molecular complexity index is 791. The van der Waals surface area contributed by atoms with Crippen LogP contribution in [0.25, 0.3) is 0 Å². The predicted octanol–water partition coefficient (Wildman–Crippen LogP) is 4.67. The van der Waals surface area contributed by atoms with E-state index < -0.39 is 0 Å². The molecule has 2 aromatic rings. The topological polar surface area (TPSA) is 80.0 Å². The zero-order valence-corrected chi connectivity index (χ0v) is 19.3. The van der Waals surface area contributed by atoms with Crippen molar-refractivity contribution in [1.29, 1.82) is 0 Å². The Balaban J connectivity index is -0.000000955. The number of hydrogen-bond donors (Lipinski definition) is 0. The molecule has 5 nitrogen and oxygen atoms in total. The molecule has 0 radical (unpaired) electrons. The summed E-state index contributed by atoms with van der Waals surface area (Å²) in [5.41, 5.74) is 4.38. The first-order chi connectivity index (χ1) is 13.8. The molecule has 158 valence electrons. The van der Waals surface area contributed by atoms with Crippen LogP contribution in [0.3, 0.4) is 0 Å². The van der Waals surface area contributed by atoms with Crippen LogP contribution in [0, 0.1) is 32.3 Å². The number of anilines is 1. The normalized spacial score (nSPS) is 8.90. The predicted molar refractivity (Wildman–Crippen MR) is 110 cm³/mol. The summed E-state index contributed by atoms with van der Waals surface area (Å²) in [6.07, 6.45) is 1.91. The van der Waals surface area contributed by atoms with Gasteiger partial charge in [0, 0.05) is 35.5 Å². The molecule has 0 aromatic heterocycles. The van der Waals surface area contributed by atoms with E-state index in [-0.39, 0.29) is 28.7 Å². The molecular weight excluding hydrogens is 418 g/mol. The molecule has 0 fully saturated rings. The van der Waals surface area contributed by atoms with Gasteiger partial charge in [-0.25, -0.2) is 0 Å². The molecule has 0 bridgehead atoms. The number of rotatable bonds is 4. The van der Waals surface area contributed by atoms with E-state index in [1.807, 2.05) is 38.8 Å². The number of nitrogens with zero attached hydrogens (tertiary/aromatic N) is 1. The molecule has 0 heterocycles. The maximum atomic E-state index is 12.7. The summed E-state index contributed by atoms with van der Waals surface area (Å²) in [4.78, 5) is 14.5. The summed E-state index contributed by atoms with van der Waals surface area (Å²) in [7, 11) is 1.89. The van der Waals surface area contributed by atoms with Gasteiger partial charge in [-0.1, -0.05) is 69.3 Å². The minimum absolute atomic E-state index is 0. The Hall–Kier alpha value is -2.34. The van der Waals surface area contributed by atoms with E-state index in [9.17, 15) is 4.79 Å². The summed E-state index contributed by atoms with van der Waals surface area (Å²) in [5.74, 6) is 0.146.